The van der Waals surface area contributed by atoms with Gasteiger partial charge in [-0.3, -0.25) is 9.85 Å². The molecule has 0 radical (unpaired) electrons. The Bertz CT molecular complexity index is 383. The largest absolute Gasteiger partial charge is 0.360 e. The number of nitrogens with zero attached hydrogens (tertiary/aromatic N) is 2. The fourth-order valence-corrected chi connectivity index (χ4v) is 1.85. The number of carbonyl (C=O) groups excluding carboxylic acids is 1. The number of anilines is 1. The number of amides is 2. The van der Waals surface area contributed by atoms with Crippen molar-refractivity contribution in [1.82, 2.24) is 10.5 Å². The van der Waals surface area contributed by atoms with Crippen LogP contribution in [0.4, 0.5) is 10.5 Å². The molecule has 5 heteroatoms. The predicted molar refractivity (Wildman–Crippen MR) is 65.2 cm³/mol. The zero-order chi connectivity index (χ0) is 12.3. The SMILES string of the molecule is CCON1C(=O)NN(c2ccccc2)CC1C. The minimum atomic E-state index is -0.227. The van der Waals surface area contributed by atoms with Crippen molar-refractivity contribution in [3.05, 3.63) is 30.3 Å². The fourth-order valence-electron chi connectivity index (χ4n) is 1.85. The lowest BCUT2D eigenvalue weighted by Crippen LogP contribution is -2.61. The second-order valence-corrected chi connectivity index (χ2v) is 3.96. The zero-order valence-electron chi connectivity index (χ0n) is 10.1. The first-order valence-electron chi connectivity index (χ1n) is 5.77. The van der Waals surface area contributed by atoms with Crippen LogP contribution in [0.25, 0.3) is 0 Å². The van der Waals surface area contributed by atoms with Gasteiger partial charge >= 0.3 is 6.03 Å². The van der Waals surface area contributed by atoms with Crippen LogP contribution >= 0.6 is 0 Å². The molecule has 1 N–H and O–H groups in total. The van der Waals surface area contributed by atoms with Crippen molar-refractivity contribution in [1.29, 1.82) is 0 Å². The first-order chi connectivity index (χ1) is 8.22. The average molecular weight is 235 g/mol. The van der Waals surface area contributed by atoms with E-state index in [1.165, 1.54) is 5.06 Å². The molecule has 1 aliphatic rings. The Labute approximate surface area is 101 Å². The second-order valence-electron chi connectivity index (χ2n) is 3.96. The van der Waals surface area contributed by atoms with Crippen molar-refractivity contribution < 1.29 is 9.63 Å². The Kier molecular flexibility index (Phi) is 3.49. The van der Waals surface area contributed by atoms with E-state index in [9.17, 15) is 4.79 Å². The second kappa shape index (κ2) is 5.05. The molecular weight excluding hydrogens is 218 g/mol. The lowest BCUT2D eigenvalue weighted by molar-refractivity contribution is -0.140. The highest BCUT2D eigenvalue weighted by atomic mass is 16.7. The van der Waals surface area contributed by atoms with Crippen LogP contribution in [0.15, 0.2) is 30.3 Å². The molecule has 1 aromatic rings. The number of carbonyl (C=O) groups is 1. The van der Waals surface area contributed by atoms with E-state index in [0.29, 0.717) is 13.2 Å². The number of urea groups is 1. The highest BCUT2D eigenvalue weighted by Gasteiger charge is 2.30. The van der Waals surface area contributed by atoms with Gasteiger partial charge in [-0.25, -0.2) is 10.2 Å². The maximum absolute atomic E-state index is 11.8. The van der Waals surface area contributed by atoms with Gasteiger partial charge in [-0.05, 0) is 26.0 Å². The summed E-state index contributed by atoms with van der Waals surface area (Å²) in [5, 5.41) is 3.22. The van der Waals surface area contributed by atoms with Gasteiger partial charge in [-0.1, -0.05) is 18.2 Å². The van der Waals surface area contributed by atoms with E-state index in [1.807, 2.05) is 49.2 Å². The number of benzene rings is 1. The summed E-state index contributed by atoms with van der Waals surface area (Å²) in [7, 11) is 0. The molecular formula is C12H17N3O2. The average Bonchev–Trinajstić information content (AvgIpc) is 2.35. The molecule has 1 fully saturated rings. The number of hydroxylamine groups is 2. The Morgan fingerprint density at radius 2 is 2.12 bits per heavy atom. The van der Waals surface area contributed by atoms with Crippen LogP contribution in [-0.2, 0) is 4.84 Å². The number of para-hydroxylation sites is 1. The number of nitrogens with one attached hydrogen (secondary N) is 1. The summed E-state index contributed by atoms with van der Waals surface area (Å²) in [5.74, 6) is 0. The van der Waals surface area contributed by atoms with Crippen LogP contribution in [-0.4, -0.2) is 30.3 Å². The van der Waals surface area contributed by atoms with Gasteiger partial charge in [-0.2, -0.15) is 5.06 Å². The van der Waals surface area contributed by atoms with Crippen molar-refractivity contribution >= 4 is 11.7 Å². The lowest BCUT2D eigenvalue weighted by atomic mass is 10.2. The van der Waals surface area contributed by atoms with Gasteiger partial charge in [0.15, 0.2) is 0 Å². The van der Waals surface area contributed by atoms with Crippen LogP contribution < -0.4 is 10.4 Å². The minimum absolute atomic E-state index is 0.0175. The Morgan fingerprint density at radius 3 is 2.71 bits per heavy atom. The molecule has 2 amide bonds. The standard InChI is InChI=1S/C12H17N3O2/c1-3-17-15-10(2)9-14(13-12(15)16)11-7-5-4-6-8-11/h4-8,10H,3,9H2,1-2H3,(H,13,16). The van der Waals surface area contributed by atoms with Gasteiger partial charge in [0.2, 0.25) is 0 Å². The molecule has 0 spiro atoms. The smallest absolute Gasteiger partial charge is 0.282 e. The Balaban J connectivity index is 2.09. The van der Waals surface area contributed by atoms with Crippen molar-refractivity contribution in [2.45, 2.75) is 19.9 Å². The monoisotopic (exact) mass is 235 g/mol. The van der Waals surface area contributed by atoms with E-state index in [0.717, 1.165) is 5.69 Å². The molecule has 0 aliphatic carbocycles. The third-order valence-corrected chi connectivity index (χ3v) is 2.61. The minimum Gasteiger partial charge on any atom is -0.282 e. The predicted octanol–water partition coefficient (Wildman–Crippen LogP) is 1.77. The summed E-state index contributed by atoms with van der Waals surface area (Å²) in [6, 6.07) is 9.55. The van der Waals surface area contributed by atoms with Crippen LogP contribution in [0.3, 0.4) is 0 Å². The molecule has 0 aromatic heterocycles. The van der Waals surface area contributed by atoms with Crippen molar-refractivity contribution in [2.24, 2.45) is 0 Å². The molecule has 5 nitrogen and oxygen atoms in total. The first kappa shape index (κ1) is 11.7. The van der Waals surface area contributed by atoms with Crippen molar-refractivity contribution in [3.8, 4) is 0 Å². The maximum Gasteiger partial charge on any atom is 0.360 e. The number of hydrogen-bond donors (Lipinski definition) is 1. The lowest BCUT2D eigenvalue weighted by Gasteiger charge is -2.39. The molecule has 1 heterocycles. The van der Waals surface area contributed by atoms with Crippen molar-refractivity contribution in [2.75, 3.05) is 18.2 Å². The fraction of sp³-hybridized carbons (Fsp3) is 0.417. The third-order valence-electron chi connectivity index (χ3n) is 2.61. The van der Waals surface area contributed by atoms with Gasteiger partial charge in [0.1, 0.15) is 0 Å². The summed E-state index contributed by atoms with van der Waals surface area (Å²) < 4.78 is 0. The van der Waals surface area contributed by atoms with E-state index in [2.05, 4.69) is 5.43 Å². The normalized spacial score (nSPS) is 20.4. The summed E-state index contributed by atoms with van der Waals surface area (Å²) in [6.45, 7) is 5.01. The summed E-state index contributed by atoms with van der Waals surface area (Å²) >= 11 is 0. The summed E-state index contributed by atoms with van der Waals surface area (Å²) in [5.41, 5.74) is 3.77. The quantitative estimate of drug-likeness (QED) is 0.868. The van der Waals surface area contributed by atoms with E-state index in [4.69, 9.17) is 4.84 Å². The van der Waals surface area contributed by atoms with Crippen LogP contribution in [0, 0.1) is 0 Å². The van der Waals surface area contributed by atoms with Gasteiger partial charge in [0.25, 0.3) is 0 Å². The molecule has 0 saturated carbocycles. The summed E-state index contributed by atoms with van der Waals surface area (Å²) in [6.07, 6.45) is 0. The third kappa shape index (κ3) is 2.50. The molecule has 92 valence electrons. The number of rotatable bonds is 3. The maximum atomic E-state index is 11.8. The molecule has 0 bridgehead atoms. The van der Waals surface area contributed by atoms with E-state index < -0.39 is 0 Å². The van der Waals surface area contributed by atoms with E-state index in [-0.39, 0.29) is 12.1 Å². The first-order valence-corrected chi connectivity index (χ1v) is 5.77. The van der Waals surface area contributed by atoms with Crippen molar-refractivity contribution in [3.63, 3.8) is 0 Å². The van der Waals surface area contributed by atoms with Crippen LogP contribution in [0.1, 0.15) is 13.8 Å². The topological polar surface area (TPSA) is 44.8 Å². The van der Waals surface area contributed by atoms with Gasteiger partial charge < -0.3 is 0 Å². The Morgan fingerprint density at radius 1 is 1.41 bits per heavy atom. The molecule has 1 unspecified atom stereocenters. The molecule has 17 heavy (non-hydrogen) atoms. The molecule has 1 aromatic carbocycles. The molecule has 1 saturated heterocycles. The van der Waals surface area contributed by atoms with Gasteiger partial charge in [0, 0.05) is 0 Å². The highest BCUT2D eigenvalue weighted by molar-refractivity contribution is 5.77. The molecule has 1 atom stereocenters. The van der Waals surface area contributed by atoms with Gasteiger partial charge in [-0.15, -0.1) is 0 Å². The van der Waals surface area contributed by atoms with E-state index in [1.54, 1.807) is 0 Å². The Hall–Kier alpha value is -1.75. The molecule has 1 aliphatic heterocycles. The van der Waals surface area contributed by atoms with Crippen LogP contribution in [0.2, 0.25) is 0 Å². The zero-order valence-corrected chi connectivity index (χ0v) is 10.1. The highest BCUT2D eigenvalue weighted by Crippen LogP contribution is 2.17. The number of hydrogen-bond acceptors (Lipinski definition) is 3. The van der Waals surface area contributed by atoms with Crippen LogP contribution in [0.5, 0.6) is 0 Å². The van der Waals surface area contributed by atoms with E-state index >= 15 is 0 Å². The number of hydrazine groups is 1. The summed E-state index contributed by atoms with van der Waals surface area (Å²) in [4.78, 5) is 17.1. The molecule has 2 rings (SSSR count). The van der Waals surface area contributed by atoms with Gasteiger partial charge in [0.05, 0.1) is 24.9 Å².